The fourth-order valence-electron chi connectivity index (χ4n) is 2.93. The van der Waals surface area contributed by atoms with Gasteiger partial charge in [0.05, 0.1) is 12.7 Å². The number of thiophene rings is 1. The number of anilines is 4. The zero-order valence-corrected chi connectivity index (χ0v) is 16.8. The molecule has 2 aromatic rings. The summed E-state index contributed by atoms with van der Waals surface area (Å²) in [5.41, 5.74) is 1.80. The third-order valence-corrected chi connectivity index (χ3v) is 6.01. The Kier molecular flexibility index (Phi) is 5.31. The zero-order valence-electron chi connectivity index (χ0n) is 16.0. The van der Waals surface area contributed by atoms with Gasteiger partial charge in [0.15, 0.2) is 11.6 Å². The van der Waals surface area contributed by atoms with E-state index in [-0.39, 0.29) is 17.9 Å². The molecular weight excluding hydrogens is 366 g/mol. The lowest BCUT2D eigenvalue weighted by molar-refractivity contribution is -0.118. The van der Waals surface area contributed by atoms with Crippen LogP contribution in [0.15, 0.2) is 6.33 Å². The second-order valence-electron chi connectivity index (χ2n) is 6.55. The van der Waals surface area contributed by atoms with Gasteiger partial charge >= 0.3 is 5.97 Å². The molecule has 0 bridgehead atoms. The van der Waals surface area contributed by atoms with Crippen LogP contribution in [-0.2, 0) is 9.53 Å². The van der Waals surface area contributed by atoms with Crippen LogP contribution < -0.4 is 16.0 Å². The van der Waals surface area contributed by atoms with E-state index in [4.69, 9.17) is 4.74 Å². The first-order valence-electron chi connectivity index (χ1n) is 8.75. The number of carbonyl (C=O) groups is 2. The van der Waals surface area contributed by atoms with Gasteiger partial charge in [0.1, 0.15) is 23.1 Å². The first-order chi connectivity index (χ1) is 12.9. The number of nitrogens with zero attached hydrogens (tertiary/aromatic N) is 2. The largest absolute Gasteiger partial charge is 0.465 e. The van der Waals surface area contributed by atoms with Gasteiger partial charge in [0, 0.05) is 4.88 Å². The molecule has 1 amide bonds. The molecule has 1 aliphatic rings. The van der Waals surface area contributed by atoms with Crippen molar-refractivity contribution in [1.82, 2.24) is 9.97 Å². The summed E-state index contributed by atoms with van der Waals surface area (Å²) in [4.78, 5) is 34.2. The van der Waals surface area contributed by atoms with Crippen LogP contribution in [0.4, 0.5) is 22.3 Å². The molecule has 8 nitrogen and oxygen atoms in total. The number of hydrogen-bond acceptors (Lipinski definition) is 8. The molecule has 2 atom stereocenters. The molecule has 3 rings (SSSR count). The smallest absolute Gasteiger partial charge is 0.341 e. The van der Waals surface area contributed by atoms with Crippen LogP contribution in [0.3, 0.4) is 0 Å². The Bertz CT molecular complexity index is 895. The maximum absolute atomic E-state index is 12.5. The zero-order chi connectivity index (χ0) is 19.7. The van der Waals surface area contributed by atoms with Crippen LogP contribution in [0.5, 0.6) is 0 Å². The van der Waals surface area contributed by atoms with Crippen molar-refractivity contribution in [2.75, 3.05) is 23.1 Å². The third-order valence-electron chi connectivity index (χ3n) is 4.89. The predicted molar refractivity (Wildman–Crippen MR) is 106 cm³/mol. The van der Waals surface area contributed by atoms with Gasteiger partial charge in [-0.2, -0.15) is 0 Å². The van der Waals surface area contributed by atoms with Crippen LogP contribution in [0.1, 0.15) is 41.1 Å². The lowest BCUT2D eigenvalue weighted by Crippen LogP contribution is -2.43. The van der Waals surface area contributed by atoms with Crippen molar-refractivity contribution in [3.05, 3.63) is 22.3 Å². The Hall–Kier alpha value is -2.68. The van der Waals surface area contributed by atoms with Crippen molar-refractivity contribution >= 4 is 45.5 Å². The molecule has 0 radical (unpaired) electrons. The number of amides is 1. The van der Waals surface area contributed by atoms with Crippen molar-refractivity contribution in [3.63, 3.8) is 0 Å². The minimum Gasteiger partial charge on any atom is -0.465 e. The van der Waals surface area contributed by atoms with Gasteiger partial charge in [-0.15, -0.1) is 11.3 Å². The Morgan fingerprint density at radius 3 is 2.81 bits per heavy atom. The van der Waals surface area contributed by atoms with Crippen molar-refractivity contribution in [3.8, 4) is 0 Å². The molecule has 0 saturated carbocycles. The Balaban J connectivity index is 1.97. The highest BCUT2D eigenvalue weighted by Gasteiger charge is 2.32. The summed E-state index contributed by atoms with van der Waals surface area (Å²) in [5, 5.41) is 9.88. The molecule has 9 heteroatoms. The maximum Gasteiger partial charge on any atom is 0.341 e. The van der Waals surface area contributed by atoms with E-state index in [0.717, 1.165) is 16.9 Å². The number of fused-ring (bicyclic) bond motifs is 1. The van der Waals surface area contributed by atoms with E-state index in [2.05, 4.69) is 25.9 Å². The summed E-state index contributed by atoms with van der Waals surface area (Å²) >= 11 is 1.43. The minimum atomic E-state index is -0.415. The fraction of sp³-hybridized carbons (Fsp3) is 0.444. The molecule has 0 aromatic carbocycles. The van der Waals surface area contributed by atoms with Gasteiger partial charge in [-0.25, -0.2) is 14.8 Å². The number of aryl methyl sites for hydroxylation is 1. The number of nitrogens with one attached hydrogen (secondary N) is 3. The molecule has 3 heterocycles. The third kappa shape index (κ3) is 3.46. The number of aromatic nitrogens is 2. The van der Waals surface area contributed by atoms with E-state index in [1.54, 1.807) is 0 Å². The topological polar surface area (TPSA) is 105 Å². The molecule has 0 aliphatic carbocycles. The first kappa shape index (κ1) is 19.1. The fourth-order valence-corrected chi connectivity index (χ4v) is 3.98. The standard InChI is InChI=1S/C18H23N5O3S/c1-6-8(2)12-16(24)22-13-14(21-12)19-7-20-15(13)23-17-11(18(25)26-5)9(3)10(4)27-17/h7-8,12H,6H2,1-5H3,(H,22,24)(H2,19,20,21,23). The van der Waals surface area contributed by atoms with Gasteiger partial charge in [-0.3, -0.25) is 4.79 Å². The molecule has 1 aliphatic heterocycles. The molecule has 3 N–H and O–H groups in total. The molecule has 0 spiro atoms. The maximum atomic E-state index is 12.5. The number of rotatable bonds is 5. The second-order valence-corrected chi connectivity index (χ2v) is 7.77. The monoisotopic (exact) mass is 389 g/mol. The SMILES string of the molecule is CCC(C)C1Nc2ncnc(Nc3sc(C)c(C)c3C(=O)OC)c2NC1=O. The number of esters is 1. The van der Waals surface area contributed by atoms with Crippen molar-refractivity contribution in [2.24, 2.45) is 5.92 Å². The van der Waals surface area contributed by atoms with Crippen LogP contribution in [0.25, 0.3) is 0 Å². The summed E-state index contributed by atoms with van der Waals surface area (Å²) in [6.45, 7) is 7.87. The minimum absolute atomic E-state index is 0.124. The summed E-state index contributed by atoms with van der Waals surface area (Å²) in [5.74, 6) is 0.609. The van der Waals surface area contributed by atoms with E-state index in [0.29, 0.717) is 27.9 Å². The lowest BCUT2D eigenvalue weighted by Gasteiger charge is -2.30. The van der Waals surface area contributed by atoms with Gasteiger partial charge in [-0.05, 0) is 25.3 Å². The van der Waals surface area contributed by atoms with Crippen molar-refractivity contribution in [2.45, 2.75) is 40.2 Å². The van der Waals surface area contributed by atoms with E-state index < -0.39 is 5.97 Å². The van der Waals surface area contributed by atoms with Crippen LogP contribution in [0.2, 0.25) is 0 Å². The Labute approximate surface area is 161 Å². The highest BCUT2D eigenvalue weighted by atomic mass is 32.1. The summed E-state index contributed by atoms with van der Waals surface area (Å²) in [6, 6.07) is -0.345. The summed E-state index contributed by atoms with van der Waals surface area (Å²) in [6.07, 6.45) is 2.29. The van der Waals surface area contributed by atoms with Gasteiger partial charge in [0.2, 0.25) is 5.91 Å². The second kappa shape index (κ2) is 7.51. The van der Waals surface area contributed by atoms with Crippen LogP contribution in [-0.4, -0.2) is 35.0 Å². The summed E-state index contributed by atoms with van der Waals surface area (Å²) < 4.78 is 4.90. The molecule has 2 aromatic heterocycles. The Morgan fingerprint density at radius 1 is 1.41 bits per heavy atom. The van der Waals surface area contributed by atoms with E-state index >= 15 is 0 Å². The molecular formula is C18H23N5O3S. The lowest BCUT2D eigenvalue weighted by atomic mass is 9.97. The number of methoxy groups -OCH3 is 1. The summed E-state index contributed by atoms with van der Waals surface area (Å²) in [7, 11) is 1.35. The predicted octanol–water partition coefficient (Wildman–Crippen LogP) is 3.46. The average molecular weight is 389 g/mol. The average Bonchev–Trinajstić information content (AvgIpc) is 2.94. The van der Waals surface area contributed by atoms with Gasteiger partial charge < -0.3 is 20.7 Å². The number of ether oxygens (including phenoxy) is 1. The van der Waals surface area contributed by atoms with Crippen molar-refractivity contribution in [1.29, 1.82) is 0 Å². The van der Waals surface area contributed by atoms with E-state index in [1.165, 1.54) is 24.8 Å². The van der Waals surface area contributed by atoms with Crippen molar-refractivity contribution < 1.29 is 14.3 Å². The first-order valence-corrected chi connectivity index (χ1v) is 9.56. The number of hydrogen-bond donors (Lipinski definition) is 3. The van der Waals surface area contributed by atoms with Crippen LogP contribution in [0, 0.1) is 19.8 Å². The molecule has 2 unspecified atom stereocenters. The highest BCUT2D eigenvalue weighted by molar-refractivity contribution is 7.16. The molecule has 0 saturated heterocycles. The molecule has 144 valence electrons. The Morgan fingerprint density at radius 2 is 2.15 bits per heavy atom. The normalized spacial score (nSPS) is 16.8. The van der Waals surface area contributed by atoms with E-state index in [9.17, 15) is 9.59 Å². The van der Waals surface area contributed by atoms with Crippen LogP contribution >= 0.6 is 11.3 Å². The number of carbonyl (C=O) groups excluding carboxylic acids is 2. The molecule has 27 heavy (non-hydrogen) atoms. The van der Waals surface area contributed by atoms with Gasteiger partial charge in [0.25, 0.3) is 0 Å². The molecule has 0 fully saturated rings. The van der Waals surface area contributed by atoms with Gasteiger partial charge in [-0.1, -0.05) is 20.3 Å². The highest BCUT2D eigenvalue weighted by Crippen LogP contribution is 2.39. The van der Waals surface area contributed by atoms with E-state index in [1.807, 2.05) is 27.7 Å². The quantitative estimate of drug-likeness (QED) is 0.673.